The van der Waals surface area contributed by atoms with Gasteiger partial charge < -0.3 is 34.7 Å². The van der Waals surface area contributed by atoms with Crippen LogP contribution in [0.5, 0.6) is 0 Å². The molecule has 0 aromatic carbocycles. The molecule has 0 aliphatic carbocycles. The van der Waals surface area contributed by atoms with Gasteiger partial charge in [-0.05, 0) is 13.8 Å². The molecule has 31 heavy (non-hydrogen) atoms. The smallest absolute Gasteiger partial charge is 0.390 e. The molecule has 2 amide bonds. The fourth-order valence-corrected chi connectivity index (χ4v) is 4.22. The molecule has 0 fully saturated rings. The predicted molar refractivity (Wildman–Crippen MR) is 100 cm³/mol. The summed E-state index contributed by atoms with van der Waals surface area (Å²) in [6.45, 7) is 1.66. The van der Waals surface area contributed by atoms with Crippen molar-refractivity contribution in [2.75, 3.05) is 20.2 Å². The highest BCUT2D eigenvalue weighted by molar-refractivity contribution is 7.56. The van der Waals surface area contributed by atoms with Crippen molar-refractivity contribution in [3.05, 3.63) is 11.8 Å². The molecule has 0 saturated carbocycles. The fourth-order valence-electron chi connectivity index (χ4n) is 2.10. The first-order valence-corrected chi connectivity index (χ1v) is 12.6. The predicted octanol–water partition coefficient (Wildman–Crippen LogP) is -0.187. The van der Waals surface area contributed by atoms with Crippen molar-refractivity contribution >= 4 is 35.7 Å². The normalized spacial score (nSPS) is 21.4. The van der Waals surface area contributed by atoms with Crippen LogP contribution in [0.1, 0.15) is 13.8 Å². The second-order valence-electron chi connectivity index (χ2n) is 6.14. The number of aliphatic hydroxyl groups is 1. The molecule has 1 heterocycles. The maximum Gasteiger partial charge on any atom is 0.497 e. The number of carbonyl (C=O) groups excluding carboxylic acids is 2. The average molecular weight is 512 g/mol. The number of urea groups is 1. The van der Waals surface area contributed by atoms with Crippen molar-refractivity contribution in [2.24, 2.45) is 0 Å². The van der Waals surface area contributed by atoms with Crippen LogP contribution in [0.25, 0.3) is 0 Å². The standard InChI is InChI=1S/C12H23N2O14P3/c1-7(6-24-31(22,23)28-29(18)26-27-30(19,20)21)25-11(8(2)15)9-5-14(3)12(17)13-4-10(9)16/h5,7-8,11,15,29H,4,6H2,1-3H3,(H,13,17)(H,22,23)(H2,19,20,21)/t7?,8-,11?/m0/s1. The molecule has 0 aromatic rings. The van der Waals surface area contributed by atoms with Crippen LogP contribution in [0, 0.1) is 0 Å². The summed E-state index contributed by atoms with van der Waals surface area (Å²) in [6.07, 6.45) is -2.32. The van der Waals surface area contributed by atoms with E-state index in [2.05, 4.69) is 23.5 Å². The molecule has 1 aliphatic heterocycles. The Hall–Kier alpha value is -0.990. The Morgan fingerprint density at radius 1 is 1.26 bits per heavy atom. The largest absolute Gasteiger partial charge is 0.497 e. The molecule has 5 N–H and O–H groups in total. The number of rotatable bonds is 12. The molecule has 0 aromatic heterocycles. The van der Waals surface area contributed by atoms with Crippen LogP contribution in [0.2, 0.25) is 0 Å². The minimum atomic E-state index is -5.17. The van der Waals surface area contributed by atoms with E-state index in [1.165, 1.54) is 27.1 Å². The molecule has 19 heteroatoms. The zero-order valence-corrected chi connectivity index (χ0v) is 19.2. The number of aliphatic hydroxyl groups excluding tert-OH is 1. The summed E-state index contributed by atoms with van der Waals surface area (Å²) in [5.74, 6) is -0.534. The molecule has 0 bridgehead atoms. The van der Waals surface area contributed by atoms with Crippen molar-refractivity contribution in [3.8, 4) is 0 Å². The van der Waals surface area contributed by atoms with Gasteiger partial charge in [0.2, 0.25) is 0 Å². The van der Waals surface area contributed by atoms with E-state index in [0.29, 0.717) is 0 Å². The van der Waals surface area contributed by atoms with Crippen molar-refractivity contribution < 1.29 is 66.0 Å². The Morgan fingerprint density at radius 2 is 1.87 bits per heavy atom. The minimum absolute atomic E-state index is 0.0424. The summed E-state index contributed by atoms with van der Waals surface area (Å²) in [4.78, 5) is 51.2. The summed E-state index contributed by atoms with van der Waals surface area (Å²) >= 11 is 0. The molecular weight excluding hydrogens is 489 g/mol. The van der Waals surface area contributed by atoms with E-state index in [1.807, 2.05) is 0 Å². The zero-order valence-electron chi connectivity index (χ0n) is 16.4. The molecule has 4 unspecified atom stereocenters. The van der Waals surface area contributed by atoms with E-state index in [1.54, 1.807) is 0 Å². The molecular formula is C12H23N2O14P3. The first-order valence-electron chi connectivity index (χ1n) is 8.33. The molecule has 16 nitrogen and oxygen atoms in total. The van der Waals surface area contributed by atoms with Crippen LogP contribution in [0.4, 0.5) is 4.79 Å². The lowest BCUT2D eigenvalue weighted by atomic mass is 10.0. The molecule has 5 atom stereocenters. The number of hydrogen-bond acceptors (Lipinski definition) is 11. The van der Waals surface area contributed by atoms with Crippen molar-refractivity contribution in [1.82, 2.24) is 10.2 Å². The SMILES string of the molecule is CC(COP(=O)(O)O[PH](=O)OOP(=O)(O)O)OC(C1=CN(C)C(=O)NCC1=O)[C@H](C)O. The zero-order chi connectivity index (χ0) is 24.0. The van der Waals surface area contributed by atoms with Gasteiger partial charge in [-0.25, -0.2) is 18.2 Å². The number of phosphoric acid groups is 2. The molecule has 0 saturated heterocycles. The Bertz CT molecular complexity index is 810. The highest BCUT2D eigenvalue weighted by Crippen LogP contribution is 2.54. The first-order chi connectivity index (χ1) is 14.1. The number of Topliss-reactive ketones (excluding diaryl/α,β-unsaturated/α-hetero) is 1. The van der Waals surface area contributed by atoms with Gasteiger partial charge in [0.15, 0.2) is 5.78 Å². The van der Waals surface area contributed by atoms with Crippen LogP contribution in [-0.2, 0) is 41.4 Å². The lowest BCUT2D eigenvalue weighted by molar-refractivity contribution is -0.124. The first kappa shape index (κ1) is 28.0. The highest BCUT2D eigenvalue weighted by atomic mass is 31.2. The quantitative estimate of drug-likeness (QED) is 0.130. The van der Waals surface area contributed by atoms with Crippen LogP contribution in [0.15, 0.2) is 11.8 Å². The maximum absolute atomic E-state index is 12.3. The van der Waals surface area contributed by atoms with E-state index in [9.17, 15) is 33.3 Å². The van der Waals surface area contributed by atoms with Crippen LogP contribution >= 0.6 is 23.9 Å². The van der Waals surface area contributed by atoms with E-state index in [4.69, 9.17) is 14.5 Å². The number of hydrogen-bond donors (Lipinski definition) is 5. The van der Waals surface area contributed by atoms with Gasteiger partial charge in [-0.1, -0.05) is 0 Å². The maximum atomic E-state index is 12.3. The molecule has 1 aliphatic rings. The third-order valence-corrected chi connectivity index (χ3v) is 5.99. The van der Waals surface area contributed by atoms with Crippen molar-refractivity contribution in [1.29, 1.82) is 0 Å². The number of ether oxygens (including phenoxy) is 1. The Kier molecular flexibility index (Phi) is 10.6. The van der Waals surface area contributed by atoms with Gasteiger partial charge >= 0.3 is 29.9 Å². The van der Waals surface area contributed by atoms with Crippen molar-refractivity contribution in [3.63, 3.8) is 0 Å². The summed E-state index contributed by atoms with van der Waals surface area (Å²) in [5, 5.41) is 12.3. The van der Waals surface area contributed by atoms with Gasteiger partial charge in [0.05, 0.1) is 25.4 Å². The molecule has 1 rings (SSSR count). The monoisotopic (exact) mass is 512 g/mol. The van der Waals surface area contributed by atoms with Gasteiger partial charge in [-0.15, -0.1) is 9.35 Å². The summed E-state index contributed by atoms with van der Waals surface area (Å²) < 4.78 is 54.6. The Morgan fingerprint density at radius 3 is 2.42 bits per heavy atom. The van der Waals surface area contributed by atoms with Gasteiger partial charge in [-0.3, -0.25) is 13.9 Å². The number of nitrogens with zero attached hydrogens (tertiary/aromatic N) is 1. The van der Waals surface area contributed by atoms with E-state index >= 15 is 0 Å². The number of carbonyl (C=O) groups is 2. The summed E-state index contributed by atoms with van der Waals surface area (Å²) in [7, 11) is -12.8. The molecule has 0 radical (unpaired) electrons. The lowest BCUT2D eigenvalue weighted by Gasteiger charge is -2.26. The Labute approximate surface area is 176 Å². The van der Waals surface area contributed by atoms with E-state index in [0.717, 1.165) is 4.90 Å². The highest BCUT2D eigenvalue weighted by Gasteiger charge is 2.33. The van der Waals surface area contributed by atoms with Crippen LogP contribution in [0.3, 0.4) is 0 Å². The van der Waals surface area contributed by atoms with Crippen LogP contribution < -0.4 is 5.32 Å². The number of phosphoric ester groups is 1. The van der Waals surface area contributed by atoms with Gasteiger partial charge in [0, 0.05) is 18.8 Å². The molecule has 0 spiro atoms. The van der Waals surface area contributed by atoms with Gasteiger partial charge in [0.25, 0.3) is 0 Å². The molecule has 180 valence electrons. The van der Waals surface area contributed by atoms with Gasteiger partial charge in [0.1, 0.15) is 6.10 Å². The summed E-state index contributed by atoms with van der Waals surface area (Å²) in [5.41, 5.74) is -0.0424. The van der Waals surface area contributed by atoms with Crippen LogP contribution in [-0.4, -0.2) is 75.0 Å². The lowest BCUT2D eigenvalue weighted by Crippen LogP contribution is -2.37. The Balaban J connectivity index is 2.72. The number of nitrogens with one attached hydrogen (secondary N) is 1. The second kappa shape index (κ2) is 11.8. The topological polar surface area (TPSA) is 228 Å². The average Bonchev–Trinajstić information content (AvgIpc) is 2.75. The second-order valence-corrected chi connectivity index (χ2v) is 9.86. The van der Waals surface area contributed by atoms with E-state index < -0.39 is 60.6 Å². The van der Waals surface area contributed by atoms with Gasteiger partial charge in [-0.2, -0.15) is 0 Å². The fraction of sp³-hybridized carbons (Fsp3) is 0.667. The third-order valence-electron chi connectivity index (χ3n) is 3.36. The minimum Gasteiger partial charge on any atom is -0.390 e. The number of amides is 2. The van der Waals surface area contributed by atoms with Crippen molar-refractivity contribution in [2.45, 2.75) is 32.2 Å². The third kappa shape index (κ3) is 10.4. The van der Waals surface area contributed by atoms with E-state index in [-0.39, 0.29) is 12.1 Å². The summed E-state index contributed by atoms with van der Waals surface area (Å²) in [6, 6.07) is -0.553. The number of ketones is 1.